The number of nitrogens with two attached hydrogens (primary N) is 1. The number of hydrogen-bond acceptors (Lipinski definition) is 2. The van der Waals surface area contributed by atoms with Gasteiger partial charge in [-0.3, -0.25) is 4.79 Å². The Labute approximate surface area is 107 Å². The molecule has 5 heteroatoms. The second kappa shape index (κ2) is 6.57. The first kappa shape index (κ1) is 15.9. The first-order chi connectivity index (χ1) is 7.43. The lowest BCUT2D eigenvalue weighted by molar-refractivity contribution is -0.121. The van der Waals surface area contributed by atoms with Gasteiger partial charge in [0.2, 0.25) is 5.91 Å². The van der Waals surface area contributed by atoms with Gasteiger partial charge in [-0.05, 0) is 31.5 Å². The quantitative estimate of drug-likeness (QED) is 0.865. The molecule has 0 radical (unpaired) electrons. The highest BCUT2D eigenvalue weighted by Crippen LogP contribution is 2.05. The van der Waals surface area contributed by atoms with Crippen LogP contribution in [0.15, 0.2) is 24.3 Å². The van der Waals surface area contributed by atoms with E-state index in [2.05, 4.69) is 5.32 Å². The Bertz CT molecular complexity index is 383. The summed E-state index contributed by atoms with van der Waals surface area (Å²) in [7, 11) is 0. The maximum Gasteiger partial charge on any atom is 0.224 e. The van der Waals surface area contributed by atoms with Crippen molar-refractivity contribution in [2.45, 2.75) is 25.8 Å². The van der Waals surface area contributed by atoms with Crippen LogP contribution in [0.2, 0.25) is 0 Å². The SMILES string of the molecule is CC(C)(CN)NC(=O)Cc1cccc(F)c1.Cl. The molecule has 1 amide bonds. The Kier molecular flexibility index (Phi) is 6.13. The summed E-state index contributed by atoms with van der Waals surface area (Å²) in [5.74, 6) is -0.482. The number of carbonyl (C=O) groups excluding carboxylic acids is 1. The Balaban J connectivity index is 0.00000256. The van der Waals surface area contributed by atoms with Crippen molar-refractivity contribution in [1.82, 2.24) is 5.32 Å². The summed E-state index contributed by atoms with van der Waals surface area (Å²) in [6.45, 7) is 4.05. The van der Waals surface area contributed by atoms with Crippen LogP contribution in [0, 0.1) is 5.82 Å². The minimum absolute atomic E-state index is 0. The average Bonchev–Trinajstić information content (AvgIpc) is 2.16. The van der Waals surface area contributed by atoms with E-state index in [1.165, 1.54) is 12.1 Å². The number of nitrogens with one attached hydrogen (secondary N) is 1. The van der Waals surface area contributed by atoms with Gasteiger partial charge in [-0.15, -0.1) is 12.4 Å². The molecular weight excluding hydrogens is 243 g/mol. The number of carbonyl (C=O) groups is 1. The van der Waals surface area contributed by atoms with Gasteiger partial charge in [-0.25, -0.2) is 4.39 Å². The molecule has 0 aliphatic carbocycles. The van der Waals surface area contributed by atoms with Crippen LogP contribution in [0.5, 0.6) is 0 Å². The van der Waals surface area contributed by atoms with Crippen LogP contribution in [0.3, 0.4) is 0 Å². The Morgan fingerprint density at radius 2 is 2.12 bits per heavy atom. The molecule has 0 atom stereocenters. The van der Waals surface area contributed by atoms with Gasteiger partial charge in [0.25, 0.3) is 0 Å². The lowest BCUT2D eigenvalue weighted by Crippen LogP contribution is -2.49. The van der Waals surface area contributed by atoms with Crippen LogP contribution in [0.4, 0.5) is 4.39 Å². The smallest absolute Gasteiger partial charge is 0.224 e. The summed E-state index contributed by atoms with van der Waals surface area (Å²) in [5.41, 5.74) is 5.73. The second-order valence-corrected chi connectivity index (χ2v) is 4.44. The molecule has 0 fully saturated rings. The zero-order valence-electron chi connectivity index (χ0n) is 10.00. The summed E-state index contributed by atoms with van der Waals surface area (Å²) >= 11 is 0. The van der Waals surface area contributed by atoms with E-state index in [9.17, 15) is 9.18 Å². The van der Waals surface area contributed by atoms with Gasteiger partial charge in [-0.2, -0.15) is 0 Å². The van der Waals surface area contributed by atoms with Gasteiger partial charge in [0.05, 0.1) is 6.42 Å². The van der Waals surface area contributed by atoms with Crippen molar-refractivity contribution >= 4 is 18.3 Å². The number of rotatable bonds is 4. The third-order valence-electron chi connectivity index (χ3n) is 2.24. The first-order valence-electron chi connectivity index (χ1n) is 5.18. The van der Waals surface area contributed by atoms with E-state index in [1.807, 2.05) is 13.8 Å². The van der Waals surface area contributed by atoms with Gasteiger partial charge in [0.15, 0.2) is 0 Å². The standard InChI is InChI=1S/C12H17FN2O.ClH/c1-12(2,8-14)15-11(16)7-9-4-3-5-10(13)6-9;/h3-6H,7-8,14H2,1-2H3,(H,15,16);1H. The minimum atomic E-state index is -0.426. The van der Waals surface area contributed by atoms with Crippen molar-refractivity contribution in [3.8, 4) is 0 Å². The van der Waals surface area contributed by atoms with Crippen LogP contribution in [0.25, 0.3) is 0 Å². The molecule has 0 aromatic heterocycles. The molecule has 0 saturated heterocycles. The third kappa shape index (κ3) is 5.65. The molecule has 1 aromatic rings. The lowest BCUT2D eigenvalue weighted by atomic mass is 10.1. The molecule has 3 N–H and O–H groups in total. The number of halogens is 2. The van der Waals surface area contributed by atoms with Crippen LogP contribution in [-0.4, -0.2) is 18.0 Å². The lowest BCUT2D eigenvalue weighted by Gasteiger charge is -2.24. The molecule has 0 unspecified atom stereocenters. The minimum Gasteiger partial charge on any atom is -0.350 e. The van der Waals surface area contributed by atoms with Crippen molar-refractivity contribution in [3.05, 3.63) is 35.6 Å². The highest BCUT2D eigenvalue weighted by molar-refractivity contribution is 5.85. The summed E-state index contributed by atoms with van der Waals surface area (Å²) < 4.78 is 12.9. The Morgan fingerprint density at radius 3 is 2.65 bits per heavy atom. The maximum atomic E-state index is 12.9. The maximum absolute atomic E-state index is 12.9. The summed E-state index contributed by atoms with van der Waals surface area (Å²) in [4.78, 5) is 11.6. The largest absolute Gasteiger partial charge is 0.350 e. The second-order valence-electron chi connectivity index (χ2n) is 4.44. The monoisotopic (exact) mass is 260 g/mol. The molecule has 1 rings (SSSR count). The van der Waals surface area contributed by atoms with E-state index in [0.29, 0.717) is 12.1 Å². The van der Waals surface area contributed by atoms with E-state index < -0.39 is 5.54 Å². The third-order valence-corrected chi connectivity index (χ3v) is 2.24. The topological polar surface area (TPSA) is 55.1 Å². The van der Waals surface area contributed by atoms with E-state index in [0.717, 1.165) is 0 Å². The summed E-state index contributed by atoms with van der Waals surface area (Å²) in [6, 6.07) is 6.02. The summed E-state index contributed by atoms with van der Waals surface area (Å²) in [6.07, 6.45) is 0.168. The molecule has 0 saturated carbocycles. The number of amides is 1. The zero-order valence-corrected chi connectivity index (χ0v) is 10.8. The molecule has 96 valence electrons. The highest BCUT2D eigenvalue weighted by atomic mass is 35.5. The molecule has 3 nitrogen and oxygen atoms in total. The molecule has 17 heavy (non-hydrogen) atoms. The van der Waals surface area contributed by atoms with Gasteiger partial charge >= 0.3 is 0 Å². The fourth-order valence-corrected chi connectivity index (χ4v) is 1.30. The van der Waals surface area contributed by atoms with Crippen molar-refractivity contribution in [1.29, 1.82) is 0 Å². The summed E-state index contributed by atoms with van der Waals surface area (Å²) in [5, 5.41) is 2.79. The highest BCUT2D eigenvalue weighted by Gasteiger charge is 2.18. The van der Waals surface area contributed by atoms with E-state index in [4.69, 9.17) is 5.73 Å². The fourth-order valence-electron chi connectivity index (χ4n) is 1.30. The van der Waals surface area contributed by atoms with Gasteiger partial charge in [0, 0.05) is 12.1 Å². The Morgan fingerprint density at radius 1 is 1.47 bits per heavy atom. The molecular formula is C12H18ClFN2O. The van der Waals surface area contributed by atoms with Gasteiger partial charge in [-0.1, -0.05) is 12.1 Å². The van der Waals surface area contributed by atoms with Crippen molar-refractivity contribution in [3.63, 3.8) is 0 Å². The first-order valence-corrected chi connectivity index (χ1v) is 5.18. The molecule has 0 spiro atoms. The number of hydrogen-bond donors (Lipinski definition) is 2. The van der Waals surface area contributed by atoms with Crippen molar-refractivity contribution in [2.24, 2.45) is 5.73 Å². The van der Waals surface area contributed by atoms with Crippen LogP contribution in [0.1, 0.15) is 19.4 Å². The zero-order chi connectivity index (χ0) is 12.2. The Hall–Kier alpha value is -1.13. The molecule has 1 aromatic carbocycles. The van der Waals surface area contributed by atoms with Crippen LogP contribution < -0.4 is 11.1 Å². The molecule has 0 bridgehead atoms. The van der Waals surface area contributed by atoms with Crippen molar-refractivity contribution in [2.75, 3.05) is 6.54 Å². The average molecular weight is 261 g/mol. The van der Waals surface area contributed by atoms with E-state index >= 15 is 0 Å². The molecule has 0 heterocycles. The predicted octanol–water partition coefficient (Wildman–Crippen LogP) is 1.64. The number of benzene rings is 1. The van der Waals surface area contributed by atoms with Crippen LogP contribution >= 0.6 is 12.4 Å². The van der Waals surface area contributed by atoms with Gasteiger partial charge < -0.3 is 11.1 Å². The van der Waals surface area contributed by atoms with Crippen molar-refractivity contribution < 1.29 is 9.18 Å². The normalized spacial score (nSPS) is 10.6. The van der Waals surface area contributed by atoms with E-state index in [1.54, 1.807) is 12.1 Å². The van der Waals surface area contributed by atoms with Gasteiger partial charge in [0.1, 0.15) is 5.82 Å². The predicted molar refractivity (Wildman–Crippen MR) is 68.6 cm³/mol. The molecule has 0 aliphatic heterocycles. The van der Waals surface area contributed by atoms with E-state index in [-0.39, 0.29) is 30.6 Å². The fraction of sp³-hybridized carbons (Fsp3) is 0.417. The van der Waals surface area contributed by atoms with Crippen LogP contribution in [-0.2, 0) is 11.2 Å². The molecule has 0 aliphatic rings.